The minimum absolute atomic E-state index is 0.0140. The minimum atomic E-state index is 0.0140. The van der Waals surface area contributed by atoms with Crippen LogP contribution < -0.4 is 5.32 Å². The van der Waals surface area contributed by atoms with Crippen molar-refractivity contribution in [2.45, 2.75) is 44.7 Å². The van der Waals surface area contributed by atoms with E-state index in [9.17, 15) is 9.59 Å². The van der Waals surface area contributed by atoms with Gasteiger partial charge in [-0.05, 0) is 49.8 Å². The number of aryl methyl sites for hydroxylation is 2. The summed E-state index contributed by atoms with van der Waals surface area (Å²) < 4.78 is 13.0. The Kier molecular flexibility index (Phi) is 7.98. The van der Waals surface area contributed by atoms with E-state index >= 15 is 0 Å². The number of para-hydroxylation sites is 1. The molecule has 0 unspecified atom stereocenters. The summed E-state index contributed by atoms with van der Waals surface area (Å²) in [4.78, 5) is 28.0. The number of unbranched alkanes of at least 4 members (excludes halogenated alkanes) is 1. The van der Waals surface area contributed by atoms with Gasteiger partial charge in [0.25, 0.3) is 11.8 Å². The summed E-state index contributed by atoms with van der Waals surface area (Å²) in [7, 11) is 0. The lowest BCUT2D eigenvalue weighted by Crippen LogP contribution is -2.40. The van der Waals surface area contributed by atoms with E-state index in [1.165, 1.54) is 0 Å². The van der Waals surface area contributed by atoms with Gasteiger partial charge in [0.05, 0.1) is 18.8 Å². The van der Waals surface area contributed by atoms with Crippen LogP contribution in [0, 0.1) is 0 Å². The second-order valence-electron chi connectivity index (χ2n) is 9.63. The molecule has 3 aromatic rings. The Morgan fingerprint density at radius 3 is 2.42 bits per heavy atom. The summed E-state index contributed by atoms with van der Waals surface area (Å²) in [5, 5.41) is 4.19. The van der Waals surface area contributed by atoms with Gasteiger partial charge in [-0.2, -0.15) is 0 Å². The second kappa shape index (κ2) is 11.7. The summed E-state index contributed by atoms with van der Waals surface area (Å²) in [5.74, 6) is 0.0953. The van der Waals surface area contributed by atoms with Gasteiger partial charge in [0.15, 0.2) is 0 Å². The SMILES string of the molecule is O=C(NC1CCOCC1)c1ccccc1CCCCn1cc(C(=O)N2CCOCC2)c2ccccc21. The number of ether oxygens (including phenoxy) is 2. The van der Waals surface area contributed by atoms with Crippen LogP contribution in [0.1, 0.15) is 52.0 Å². The van der Waals surface area contributed by atoms with Gasteiger partial charge < -0.3 is 24.3 Å². The molecule has 0 spiro atoms. The third-order valence-corrected chi connectivity index (χ3v) is 7.23. The number of fused-ring (bicyclic) bond motifs is 1. The van der Waals surface area contributed by atoms with Crippen molar-refractivity contribution in [3.8, 4) is 0 Å². The van der Waals surface area contributed by atoms with Crippen molar-refractivity contribution < 1.29 is 19.1 Å². The number of hydrogen-bond donors (Lipinski definition) is 1. The zero-order valence-electron chi connectivity index (χ0n) is 20.8. The van der Waals surface area contributed by atoms with Crippen molar-refractivity contribution in [1.29, 1.82) is 0 Å². The molecule has 190 valence electrons. The average Bonchev–Trinajstić information content (AvgIpc) is 3.30. The number of benzene rings is 2. The van der Waals surface area contributed by atoms with Crippen LogP contribution in [0.3, 0.4) is 0 Å². The summed E-state index contributed by atoms with van der Waals surface area (Å²) in [6.07, 6.45) is 6.51. The van der Waals surface area contributed by atoms with Gasteiger partial charge >= 0.3 is 0 Å². The molecular weight excluding hydrogens is 454 g/mol. The van der Waals surface area contributed by atoms with Crippen LogP contribution in [0.2, 0.25) is 0 Å². The smallest absolute Gasteiger partial charge is 0.256 e. The maximum absolute atomic E-state index is 13.2. The van der Waals surface area contributed by atoms with Gasteiger partial charge in [-0.25, -0.2) is 0 Å². The Labute approximate surface area is 212 Å². The molecule has 1 N–H and O–H groups in total. The standard InChI is InChI=1S/C29H35N3O4/c33-28(30-23-12-17-35-18-13-23)24-9-2-1-7-22(24)8-5-6-14-32-21-26(25-10-3-4-11-27(25)32)29(34)31-15-19-36-20-16-31/h1-4,7,9-11,21,23H,5-6,8,12-20H2,(H,30,33). The molecule has 0 bridgehead atoms. The summed E-state index contributed by atoms with van der Waals surface area (Å²) >= 11 is 0. The van der Waals surface area contributed by atoms with Crippen molar-refractivity contribution in [2.75, 3.05) is 39.5 Å². The molecule has 36 heavy (non-hydrogen) atoms. The number of amides is 2. The molecule has 2 aromatic carbocycles. The van der Waals surface area contributed by atoms with Gasteiger partial charge in [-0.15, -0.1) is 0 Å². The normalized spacial score (nSPS) is 16.8. The van der Waals surface area contributed by atoms with Gasteiger partial charge in [-0.3, -0.25) is 9.59 Å². The summed E-state index contributed by atoms with van der Waals surface area (Å²) in [6, 6.07) is 16.2. The van der Waals surface area contributed by atoms with Gasteiger partial charge in [0.1, 0.15) is 0 Å². The number of morpholine rings is 1. The van der Waals surface area contributed by atoms with Gasteiger partial charge in [0.2, 0.25) is 0 Å². The molecule has 3 heterocycles. The second-order valence-corrected chi connectivity index (χ2v) is 9.63. The quantitative estimate of drug-likeness (QED) is 0.485. The maximum Gasteiger partial charge on any atom is 0.256 e. The number of hydrogen-bond acceptors (Lipinski definition) is 4. The van der Waals surface area contributed by atoms with E-state index in [1.807, 2.05) is 47.5 Å². The molecule has 2 aliphatic rings. The topological polar surface area (TPSA) is 72.8 Å². The summed E-state index contributed by atoms with van der Waals surface area (Å²) in [6.45, 7) is 4.71. The molecule has 2 fully saturated rings. The zero-order chi connectivity index (χ0) is 24.7. The predicted octanol–water partition coefficient (Wildman–Crippen LogP) is 4.05. The van der Waals surface area contributed by atoms with E-state index in [4.69, 9.17) is 9.47 Å². The van der Waals surface area contributed by atoms with Gasteiger partial charge in [0, 0.05) is 61.6 Å². The molecule has 2 aliphatic heterocycles. The molecule has 2 amide bonds. The molecule has 0 radical (unpaired) electrons. The number of carbonyl (C=O) groups is 2. The van der Waals surface area contributed by atoms with Crippen molar-refractivity contribution in [3.63, 3.8) is 0 Å². The first kappa shape index (κ1) is 24.5. The van der Waals surface area contributed by atoms with Crippen LogP contribution in [-0.2, 0) is 22.4 Å². The number of rotatable bonds is 8. The van der Waals surface area contributed by atoms with Crippen molar-refractivity contribution >= 4 is 22.7 Å². The fraction of sp³-hybridized carbons (Fsp3) is 0.448. The average molecular weight is 490 g/mol. The van der Waals surface area contributed by atoms with Crippen LogP contribution in [0.4, 0.5) is 0 Å². The van der Waals surface area contributed by atoms with Crippen molar-refractivity contribution in [2.24, 2.45) is 0 Å². The third kappa shape index (κ3) is 5.63. The fourth-order valence-corrected chi connectivity index (χ4v) is 5.20. The highest BCUT2D eigenvalue weighted by atomic mass is 16.5. The Balaban J connectivity index is 1.21. The first-order valence-electron chi connectivity index (χ1n) is 13.1. The molecule has 7 nitrogen and oxygen atoms in total. The van der Waals surface area contributed by atoms with E-state index in [0.29, 0.717) is 39.5 Å². The van der Waals surface area contributed by atoms with Crippen LogP contribution in [0.5, 0.6) is 0 Å². The van der Waals surface area contributed by atoms with Crippen LogP contribution in [0.25, 0.3) is 10.9 Å². The van der Waals surface area contributed by atoms with Crippen LogP contribution in [-0.4, -0.2) is 66.8 Å². The lowest BCUT2D eigenvalue weighted by atomic mass is 10.0. The molecule has 5 rings (SSSR count). The number of nitrogens with zero attached hydrogens (tertiary/aromatic N) is 2. The van der Waals surface area contributed by atoms with Crippen LogP contribution >= 0.6 is 0 Å². The highest BCUT2D eigenvalue weighted by Crippen LogP contribution is 2.24. The number of carbonyl (C=O) groups excluding carboxylic acids is 2. The molecule has 0 aliphatic carbocycles. The van der Waals surface area contributed by atoms with Crippen molar-refractivity contribution in [3.05, 3.63) is 71.4 Å². The molecule has 7 heteroatoms. The monoisotopic (exact) mass is 489 g/mol. The van der Waals surface area contributed by atoms with E-state index in [-0.39, 0.29) is 17.9 Å². The Morgan fingerprint density at radius 2 is 1.58 bits per heavy atom. The number of nitrogens with one attached hydrogen (secondary N) is 1. The van der Waals surface area contributed by atoms with Crippen LogP contribution in [0.15, 0.2) is 54.7 Å². The Morgan fingerprint density at radius 1 is 0.861 bits per heavy atom. The van der Waals surface area contributed by atoms with Crippen molar-refractivity contribution in [1.82, 2.24) is 14.8 Å². The first-order chi connectivity index (χ1) is 17.7. The van der Waals surface area contributed by atoms with E-state index < -0.39 is 0 Å². The highest BCUT2D eigenvalue weighted by Gasteiger charge is 2.23. The molecular formula is C29H35N3O4. The fourth-order valence-electron chi connectivity index (χ4n) is 5.20. The first-order valence-corrected chi connectivity index (χ1v) is 13.1. The maximum atomic E-state index is 13.2. The predicted molar refractivity (Wildman–Crippen MR) is 139 cm³/mol. The highest BCUT2D eigenvalue weighted by molar-refractivity contribution is 6.07. The number of aromatic nitrogens is 1. The third-order valence-electron chi connectivity index (χ3n) is 7.23. The van der Waals surface area contributed by atoms with E-state index in [0.717, 1.165) is 66.2 Å². The zero-order valence-corrected chi connectivity index (χ0v) is 20.8. The molecule has 1 aromatic heterocycles. The van der Waals surface area contributed by atoms with E-state index in [2.05, 4.69) is 22.0 Å². The lowest BCUT2D eigenvalue weighted by molar-refractivity contribution is 0.0304. The molecule has 0 saturated carbocycles. The largest absolute Gasteiger partial charge is 0.381 e. The Bertz CT molecular complexity index is 1190. The van der Waals surface area contributed by atoms with E-state index in [1.54, 1.807) is 0 Å². The Hall–Kier alpha value is -3.16. The van der Waals surface area contributed by atoms with Gasteiger partial charge in [-0.1, -0.05) is 36.4 Å². The lowest BCUT2D eigenvalue weighted by Gasteiger charge is -2.26. The summed E-state index contributed by atoms with van der Waals surface area (Å²) in [5.41, 5.74) is 3.71. The molecule has 2 saturated heterocycles. The molecule has 0 atom stereocenters. The minimum Gasteiger partial charge on any atom is -0.381 e.